The average molecular weight is 299 g/mol. The molecule has 0 spiro atoms. The Morgan fingerprint density at radius 1 is 1.23 bits per heavy atom. The molecule has 0 aliphatic carbocycles. The van der Waals surface area contributed by atoms with Crippen LogP contribution in [0.5, 0.6) is 0 Å². The Morgan fingerprint density at radius 3 is 2.45 bits per heavy atom. The van der Waals surface area contributed by atoms with Crippen molar-refractivity contribution >= 4 is 5.91 Å². The van der Waals surface area contributed by atoms with E-state index in [4.69, 9.17) is 0 Å². The van der Waals surface area contributed by atoms with Crippen LogP contribution in [0.15, 0.2) is 42.7 Å². The van der Waals surface area contributed by atoms with Crippen molar-refractivity contribution < 1.29 is 9.90 Å². The quantitative estimate of drug-likeness (QED) is 0.858. The van der Waals surface area contributed by atoms with Gasteiger partial charge in [0.2, 0.25) is 0 Å². The van der Waals surface area contributed by atoms with E-state index in [0.29, 0.717) is 11.4 Å². The summed E-state index contributed by atoms with van der Waals surface area (Å²) in [6.45, 7) is 4.19. The summed E-state index contributed by atoms with van der Waals surface area (Å²) < 4.78 is 0. The molecule has 0 saturated carbocycles. The van der Waals surface area contributed by atoms with Gasteiger partial charge < -0.3 is 10.4 Å². The highest BCUT2D eigenvalue weighted by Crippen LogP contribution is 2.13. The number of nitrogens with zero attached hydrogens (tertiary/aromatic N) is 2. The molecule has 0 aliphatic rings. The lowest BCUT2D eigenvalue weighted by molar-refractivity contribution is 0.0849. The summed E-state index contributed by atoms with van der Waals surface area (Å²) in [6.07, 6.45) is 3.32. The first kappa shape index (κ1) is 16.1. The number of aliphatic hydroxyl groups is 1. The molecule has 2 unspecified atom stereocenters. The van der Waals surface area contributed by atoms with Crippen molar-refractivity contribution in [3.63, 3.8) is 0 Å². The van der Waals surface area contributed by atoms with Gasteiger partial charge in [-0.05, 0) is 5.92 Å². The number of aromatic nitrogens is 2. The van der Waals surface area contributed by atoms with Gasteiger partial charge in [-0.3, -0.25) is 4.79 Å². The first-order chi connectivity index (χ1) is 10.6. The third kappa shape index (κ3) is 4.11. The van der Waals surface area contributed by atoms with Gasteiger partial charge in [0.15, 0.2) is 5.82 Å². The molecule has 5 nitrogen and oxygen atoms in total. The molecular weight excluding hydrogens is 278 g/mol. The van der Waals surface area contributed by atoms with Gasteiger partial charge >= 0.3 is 0 Å². The summed E-state index contributed by atoms with van der Waals surface area (Å²) in [5, 5.41) is 12.6. The van der Waals surface area contributed by atoms with Gasteiger partial charge in [0, 0.05) is 24.5 Å². The fourth-order valence-corrected chi connectivity index (χ4v) is 1.95. The molecule has 2 rings (SSSR count). The first-order valence-electron chi connectivity index (χ1n) is 7.45. The van der Waals surface area contributed by atoms with Crippen LogP contribution in [0.25, 0.3) is 11.4 Å². The van der Waals surface area contributed by atoms with Crippen LogP contribution in [0.2, 0.25) is 0 Å². The average Bonchev–Trinajstić information content (AvgIpc) is 2.59. The number of aliphatic hydroxyl groups excluding tert-OH is 1. The lowest BCUT2D eigenvalue weighted by Gasteiger charge is -2.17. The number of carbonyl (C=O) groups is 1. The highest BCUT2D eigenvalue weighted by atomic mass is 16.3. The smallest absolute Gasteiger partial charge is 0.254 e. The molecule has 0 saturated heterocycles. The van der Waals surface area contributed by atoms with Crippen LogP contribution in [0.4, 0.5) is 0 Å². The molecule has 1 amide bonds. The molecule has 0 fully saturated rings. The van der Waals surface area contributed by atoms with Gasteiger partial charge in [0.05, 0.1) is 11.7 Å². The maximum Gasteiger partial charge on any atom is 0.254 e. The van der Waals surface area contributed by atoms with Crippen molar-refractivity contribution in [1.29, 1.82) is 0 Å². The number of carbonyl (C=O) groups excluding carboxylic acids is 1. The van der Waals surface area contributed by atoms with Gasteiger partial charge in [-0.25, -0.2) is 9.97 Å². The van der Waals surface area contributed by atoms with Gasteiger partial charge in [-0.15, -0.1) is 0 Å². The van der Waals surface area contributed by atoms with Crippen molar-refractivity contribution in [2.75, 3.05) is 6.54 Å². The van der Waals surface area contributed by atoms with Crippen LogP contribution < -0.4 is 5.32 Å². The highest BCUT2D eigenvalue weighted by molar-refractivity contribution is 5.93. The van der Waals surface area contributed by atoms with E-state index >= 15 is 0 Å². The standard InChI is InChI=1S/C17H21N3O2/c1-3-12(2)15(21)11-20-17(22)14-9-18-16(19-10-14)13-7-5-4-6-8-13/h4-10,12,15,21H,3,11H2,1-2H3,(H,20,22). The molecular formula is C17H21N3O2. The number of benzene rings is 1. The van der Waals surface area contributed by atoms with Crippen LogP contribution in [0.3, 0.4) is 0 Å². The molecule has 2 atom stereocenters. The normalized spacial score (nSPS) is 13.4. The number of hydrogen-bond acceptors (Lipinski definition) is 4. The van der Waals surface area contributed by atoms with E-state index in [-0.39, 0.29) is 18.4 Å². The Balaban J connectivity index is 1.97. The zero-order valence-electron chi connectivity index (χ0n) is 12.9. The van der Waals surface area contributed by atoms with Gasteiger partial charge in [0.1, 0.15) is 0 Å². The fourth-order valence-electron chi connectivity index (χ4n) is 1.95. The molecule has 0 bridgehead atoms. The van der Waals surface area contributed by atoms with Crippen LogP contribution in [-0.4, -0.2) is 33.6 Å². The molecule has 0 radical (unpaired) electrons. The molecule has 2 N–H and O–H groups in total. The lowest BCUT2D eigenvalue weighted by atomic mass is 10.0. The van der Waals surface area contributed by atoms with E-state index in [9.17, 15) is 9.90 Å². The van der Waals surface area contributed by atoms with Crippen LogP contribution in [0, 0.1) is 5.92 Å². The van der Waals surface area contributed by atoms with E-state index in [1.807, 2.05) is 44.2 Å². The van der Waals surface area contributed by atoms with Crippen molar-refractivity contribution in [1.82, 2.24) is 15.3 Å². The largest absolute Gasteiger partial charge is 0.391 e. The zero-order chi connectivity index (χ0) is 15.9. The SMILES string of the molecule is CCC(C)C(O)CNC(=O)c1cnc(-c2ccccc2)nc1. The van der Waals surface area contributed by atoms with E-state index in [0.717, 1.165) is 12.0 Å². The topological polar surface area (TPSA) is 75.1 Å². The van der Waals surface area contributed by atoms with Crippen molar-refractivity contribution in [3.8, 4) is 11.4 Å². The number of nitrogens with one attached hydrogen (secondary N) is 1. The maximum absolute atomic E-state index is 12.0. The van der Waals surface area contributed by atoms with Gasteiger partial charge in [-0.2, -0.15) is 0 Å². The minimum absolute atomic E-state index is 0.150. The Hall–Kier alpha value is -2.27. The van der Waals surface area contributed by atoms with E-state index < -0.39 is 6.10 Å². The molecule has 1 aromatic carbocycles. The second-order valence-electron chi connectivity index (χ2n) is 5.32. The van der Waals surface area contributed by atoms with Gasteiger partial charge in [-0.1, -0.05) is 50.6 Å². The van der Waals surface area contributed by atoms with Crippen LogP contribution in [-0.2, 0) is 0 Å². The Kier molecular flexibility index (Phi) is 5.61. The summed E-state index contributed by atoms with van der Waals surface area (Å²) in [6, 6.07) is 9.58. The minimum Gasteiger partial charge on any atom is -0.391 e. The Bertz CT molecular complexity index is 599. The second-order valence-corrected chi connectivity index (χ2v) is 5.32. The van der Waals surface area contributed by atoms with Crippen LogP contribution >= 0.6 is 0 Å². The predicted octanol–water partition coefficient (Wildman–Crippen LogP) is 2.28. The third-order valence-corrected chi connectivity index (χ3v) is 3.72. The van der Waals surface area contributed by atoms with Crippen molar-refractivity contribution in [2.24, 2.45) is 5.92 Å². The number of amides is 1. The summed E-state index contributed by atoms with van der Waals surface area (Å²) in [7, 11) is 0. The molecule has 5 heteroatoms. The predicted molar refractivity (Wildman–Crippen MR) is 85.3 cm³/mol. The minimum atomic E-state index is -0.543. The molecule has 0 aliphatic heterocycles. The Labute approximate surface area is 130 Å². The molecule has 1 aromatic heterocycles. The van der Waals surface area contributed by atoms with E-state index in [2.05, 4.69) is 15.3 Å². The monoisotopic (exact) mass is 299 g/mol. The second kappa shape index (κ2) is 7.66. The first-order valence-corrected chi connectivity index (χ1v) is 7.45. The lowest BCUT2D eigenvalue weighted by Crippen LogP contribution is -2.35. The van der Waals surface area contributed by atoms with Crippen LogP contribution in [0.1, 0.15) is 30.6 Å². The van der Waals surface area contributed by atoms with Crippen molar-refractivity contribution in [3.05, 3.63) is 48.3 Å². The maximum atomic E-state index is 12.0. The fraction of sp³-hybridized carbons (Fsp3) is 0.353. The Morgan fingerprint density at radius 2 is 1.86 bits per heavy atom. The highest BCUT2D eigenvalue weighted by Gasteiger charge is 2.14. The van der Waals surface area contributed by atoms with Gasteiger partial charge in [0.25, 0.3) is 5.91 Å². The third-order valence-electron chi connectivity index (χ3n) is 3.72. The molecule has 1 heterocycles. The summed E-state index contributed by atoms with van der Waals surface area (Å²) in [5.74, 6) is 0.454. The molecule has 22 heavy (non-hydrogen) atoms. The number of hydrogen-bond donors (Lipinski definition) is 2. The van der Waals surface area contributed by atoms with E-state index in [1.54, 1.807) is 0 Å². The summed E-state index contributed by atoms with van der Waals surface area (Å²) in [5.41, 5.74) is 1.29. The summed E-state index contributed by atoms with van der Waals surface area (Å²) in [4.78, 5) is 20.4. The number of rotatable bonds is 6. The zero-order valence-corrected chi connectivity index (χ0v) is 12.9. The van der Waals surface area contributed by atoms with E-state index in [1.165, 1.54) is 12.4 Å². The molecule has 116 valence electrons. The molecule has 2 aromatic rings. The summed E-state index contributed by atoms with van der Waals surface area (Å²) >= 11 is 0. The van der Waals surface area contributed by atoms with Crippen molar-refractivity contribution in [2.45, 2.75) is 26.4 Å².